The molecular formula is C8H8INO. The van der Waals surface area contributed by atoms with Crippen LogP contribution in [0.25, 0.3) is 0 Å². The quantitative estimate of drug-likeness (QED) is 0.768. The number of carbonyl (C=O) groups excluding carboxylic acids is 1. The van der Waals surface area contributed by atoms with Crippen LogP contribution in [0.1, 0.15) is 15.9 Å². The standard InChI is InChI=1S/C8H8INO/c1-5-6(8(10)11)3-2-4-7(5)9/h2-4H,1H3,(H2,10,11). The first-order valence-electron chi connectivity index (χ1n) is 3.18. The van der Waals surface area contributed by atoms with Crippen LogP contribution in [0.3, 0.4) is 0 Å². The number of benzene rings is 1. The van der Waals surface area contributed by atoms with Crippen molar-refractivity contribution in [3.8, 4) is 0 Å². The Kier molecular flexibility index (Phi) is 2.49. The molecule has 0 saturated heterocycles. The molecule has 0 heterocycles. The average Bonchev–Trinajstić information content (AvgIpc) is 1.94. The fraction of sp³-hybridized carbons (Fsp3) is 0.125. The van der Waals surface area contributed by atoms with Crippen molar-refractivity contribution in [2.24, 2.45) is 5.73 Å². The van der Waals surface area contributed by atoms with E-state index >= 15 is 0 Å². The summed E-state index contributed by atoms with van der Waals surface area (Å²) in [5.41, 5.74) is 6.71. The lowest BCUT2D eigenvalue weighted by Crippen LogP contribution is -2.12. The minimum absolute atomic E-state index is 0.360. The summed E-state index contributed by atoms with van der Waals surface area (Å²) >= 11 is 2.18. The highest BCUT2D eigenvalue weighted by Crippen LogP contribution is 2.14. The second-order valence-corrected chi connectivity index (χ2v) is 3.44. The summed E-state index contributed by atoms with van der Waals surface area (Å²) in [6.07, 6.45) is 0. The Morgan fingerprint density at radius 1 is 1.55 bits per heavy atom. The molecule has 0 aliphatic rings. The van der Waals surface area contributed by atoms with Gasteiger partial charge in [-0.3, -0.25) is 4.79 Å². The van der Waals surface area contributed by atoms with Crippen LogP contribution in [0.4, 0.5) is 0 Å². The molecule has 1 aromatic rings. The first-order valence-corrected chi connectivity index (χ1v) is 4.25. The van der Waals surface area contributed by atoms with E-state index in [-0.39, 0.29) is 5.91 Å². The summed E-state index contributed by atoms with van der Waals surface area (Å²) < 4.78 is 1.07. The Balaban J connectivity index is 3.27. The number of nitrogens with two attached hydrogens (primary N) is 1. The molecule has 0 bridgehead atoms. The molecule has 0 aromatic heterocycles. The number of rotatable bonds is 1. The lowest BCUT2D eigenvalue weighted by Gasteiger charge is -2.01. The van der Waals surface area contributed by atoms with Crippen LogP contribution < -0.4 is 5.73 Å². The molecule has 2 N–H and O–H groups in total. The molecule has 1 aromatic carbocycles. The zero-order valence-electron chi connectivity index (χ0n) is 6.10. The van der Waals surface area contributed by atoms with Crippen LogP contribution in [0, 0.1) is 10.5 Å². The van der Waals surface area contributed by atoms with Crippen LogP contribution in [0.15, 0.2) is 18.2 Å². The Labute approximate surface area is 78.9 Å². The molecule has 2 nitrogen and oxygen atoms in total. The topological polar surface area (TPSA) is 43.1 Å². The zero-order chi connectivity index (χ0) is 8.43. The molecule has 0 radical (unpaired) electrons. The smallest absolute Gasteiger partial charge is 0.249 e. The van der Waals surface area contributed by atoms with Crippen molar-refractivity contribution >= 4 is 28.5 Å². The van der Waals surface area contributed by atoms with E-state index in [0.717, 1.165) is 9.13 Å². The third kappa shape index (κ3) is 1.71. The molecule has 3 heteroatoms. The Hall–Kier alpha value is -0.580. The third-order valence-corrected chi connectivity index (χ3v) is 2.70. The van der Waals surface area contributed by atoms with E-state index in [9.17, 15) is 4.79 Å². The van der Waals surface area contributed by atoms with Gasteiger partial charge in [0, 0.05) is 9.13 Å². The van der Waals surface area contributed by atoms with Gasteiger partial charge in [-0.05, 0) is 47.2 Å². The van der Waals surface area contributed by atoms with E-state index in [1.165, 1.54) is 0 Å². The van der Waals surface area contributed by atoms with Crippen molar-refractivity contribution in [1.29, 1.82) is 0 Å². The van der Waals surface area contributed by atoms with Crippen LogP contribution >= 0.6 is 22.6 Å². The maximum absolute atomic E-state index is 10.8. The second kappa shape index (κ2) is 3.21. The zero-order valence-corrected chi connectivity index (χ0v) is 8.25. The molecule has 0 atom stereocenters. The molecule has 1 amide bonds. The average molecular weight is 261 g/mol. The molecule has 0 aliphatic carbocycles. The van der Waals surface area contributed by atoms with Gasteiger partial charge < -0.3 is 5.73 Å². The van der Waals surface area contributed by atoms with Gasteiger partial charge in [-0.1, -0.05) is 6.07 Å². The number of halogens is 1. The van der Waals surface area contributed by atoms with E-state index < -0.39 is 0 Å². The largest absolute Gasteiger partial charge is 0.366 e. The number of amides is 1. The maximum Gasteiger partial charge on any atom is 0.249 e. The summed E-state index contributed by atoms with van der Waals surface area (Å²) in [5, 5.41) is 0. The van der Waals surface area contributed by atoms with Crippen LogP contribution in [0.2, 0.25) is 0 Å². The molecule has 0 fully saturated rings. The van der Waals surface area contributed by atoms with Gasteiger partial charge in [0.2, 0.25) is 5.91 Å². The van der Waals surface area contributed by atoms with Crippen LogP contribution in [0.5, 0.6) is 0 Å². The minimum Gasteiger partial charge on any atom is -0.366 e. The van der Waals surface area contributed by atoms with Crippen molar-refractivity contribution in [2.75, 3.05) is 0 Å². The molecule has 11 heavy (non-hydrogen) atoms. The molecule has 0 aliphatic heterocycles. The number of carbonyl (C=O) groups is 1. The van der Waals surface area contributed by atoms with Crippen LogP contribution in [-0.4, -0.2) is 5.91 Å². The minimum atomic E-state index is -0.360. The predicted molar refractivity (Wildman–Crippen MR) is 52.4 cm³/mol. The van der Waals surface area contributed by atoms with Gasteiger partial charge in [0.1, 0.15) is 0 Å². The fourth-order valence-electron chi connectivity index (χ4n) is 0.874. The second-order valence-electron chi connectivity index (χ2n) is 2.28. The van der Waals surface area contributed by atoms with E-state index in [2.05, 4.69) is 22.6 Å². The van der Waals surface area contributed by atoms with Gasteiger partial charge in [0.25, 0.3) is 0 Å². The first kappa shape index (κ1) is 8.52. The summed E-state index contributed by atoms with van der Waals surface area (Å²) in [5.74, 6) is -0.360. The molecule has 0 spiro atoms. The fourth-order valence-corrected chi connectivity index (χ4v) is 1.37. The maximum atomic E-state index is 10.8. The molecule has 0 unspecified atom stereocenters. The predicted octanol–water partition coefficient (Wildman–Crippen LogP) is 1.70. The highest BCUT2D eigenvalue weighted by molar-refractivity contribution is 14.1. The van der Waals surface area contributed by atoms with E-state index in [4.69, 9.17) is 5.73 Å². The van der Waals surface area contributed by atoms with E-state index in [0.29, 0.717) is 5.56 Å². The van der Waals surface area contributed by atoms with Crippen molar-refractivity contribution in [3.05, 3.63) is 32.9 Å². The lowest BCUT2D eigenvalue weighted by molar-refractivity contribution is 0.0999. The van der Waals surface area contributed by atoms with Crippen molar-refractivity contribution in [2.45, 2.75) is 6.92 Å². The molecule has 58 valence electrons. The lowest BCUT2D eigenvalue weighted by atomic mass is 10.1. The van der Waals surface area contributed by atoms with Gasteiger partial charge in [-0.25, -0.2) is 0 Å². The van der Waals surface area contributed by atoms with E-state index in [1.54, 1.807) is 6.07 Å². The molecular weight excluding hydrogens is 253 g/mol. The van der Waals surface area contributed by atoms with Crippen molar-refractivity contribution in [3.63, 3.8) is 0 Å². The molecule has 1 rings (SSSR count). The monoisotopic (exact) mass is 261 g/mol. The van der Waals surface area contributed by atoms with E-state index in [1.807, 2.05) is 19.1 Å². The SMILES string of the molecule is Cc1c(I)cccc1C(N)=O. The highest BCUT2D eigenvalue weighted by atomic mass is 127. The van der Waals surface area contributed by atoms with Gasteiger partial charge >= 0.3 is 0 Å². The Morgan fingerprint density at radius 2 is 2.18 bits per heavy atom. The van der Waals surface area contributed by atoms with Gasteiger partial charge in [-0.2, -0.15) is 0 Å². The third-order valence-electron chi connectivity index (χ3n) is 1.53. The normalized spacial score (nSPS) is 9.64. The van der Waals surface area contributed by atoms with Crippen molar-refractivity contribution < 1.29 is 4.79 Å². The number of hydrogen-bond donors (Lipinski definition) is 1. The van der Waals surface area contributed by atoms with Gasteiger partial charge in [0.05, 0.1) is 0 Å². The Bertz CT molecular complexity index is 296. The summed E-state index contributed by atoms with van der Waals surface area (Å²) in [7, 11) is 0. The summed E-state index contributed by atoms with van der Waals surface area (Å²) in [6, 6.07) is 5.51. The Morgan fingerprint density at radius 3 is 2.64 bits per heavy atom. The number of hydrogen-bond acceptors (Lipinski definition) is 1. The van der Waals surface area contributed by atoms with Gasteiger partial charge in [-0.15, -0.1) is 0 Å². The first-order chi connectivity index (χ1) is 5.13. The number of primary amides is 1. The van der Waals surface area contributed by atoms with Gasteiger partial charge in [0.15, 0.2) is 0 Å². The summed E-state index contributed by atoms with van der Waals surface area (Å²) in [6.45, 7) is 1.89. The summed E-state index contributed by atoms with van der Waals surface area (Å²) in [4.78, 5) is 10.8. The van der Waals surface area contributed by atoms with Crippen LogP contribution in [-0.2, 0) is 0 Å². The van der Waals surface area contributed by atoms with Crippen molar-refractivity contribution in [1.82, 2.24) is 0 Å². The highest BCUT2D eigenvalue weighted by Gasteiger charge is 2.05. The molecule has 0 saturated carbocycles.